The van der Waals surface area contributed by atoms with Gasteiger partial charge in [0.15, 0.2) is 0 Å². The van der Waals surface area contributed by atoms with Gasteiger partial charge in [0.05, 0.1) is 6.61 Å². The monoisotopic (exact) mass is 310 g/mol. The Labute approximate surface area is 134 Å². The van der Waals surface area contributed by atoms with Gasteiger partial charge in [0.2, 0.25) is 0 Å². The van der Waals surface area contributed by atoms with Crippen LogP contribution in [0.4, 0.5) is 4.79 Å². The largest absolute Gasteiger partial charge is 0.465 e. The third kappa shape index (κ3) is 6.67. The lowest BCUT2D eigenvalue weighted by molar-refractivity contribution is 0.123. The van der Waals surface area contributed by atoms with E-state index in [-0.39, 0.29) is 12.6 Å². The van der Waals surface area contributed by atoms with Crippen molar-refractivity contribution in [3.05, 3.63) is 0 Å². The zero-order valence-electron chi connectivity index (χ0n) is 13.9. The first-order chi connectivity index (χ1) is 10.6. The molecule has 2 N–H and O–H groups in total. The molecule has 0 aromatic heterocycles. The van der Waals surface area contributed by atoms with Gasteiger partial charge in [-0.3, -0.25) is 0 Å². The highest BCUT2D eigenvalue weighted by Crippen LogP contribution is 2.26. The Morgan fingerprint density at radius 3 is 2.45 bits per heavy atom. The van der Waals surface area contributed by atoms with Gasteiger partial charge in [-0.1, -0.05) is 12.8 Å². The Kier molecular flexibility index (Phi) is 8.95. The first-order valence-electron chi connectivity index (χ1n) is 8.35. The molecule has 5 heteroatoms. The van der Waals surface area contributed by atoms with E-state index in [4.69, 9.17) is 10.2 Å². The Balaban J connectivity index is 2.20. The predicted octanol–water partition coefficient (Wildman–Crippen LogP) is 2.25. The molecule has 1 aliphatic rings. The van der Waals surface area contributed by atoms with Crippen LogP contribution in [0.2, 0.25) is 0 Å². The van der Waals surface area contributed by atoms with Gasteiger partial charge in [-0.15, -0.1) is 5.92 Å². The number of carboxylic acid groups (broad SMARTS) is 1. The Morgan fingerprint density at radius 1 is 1.23 bits per heavy atom. The van der Waals surface area contributed by atoms with Crippen LogP contribution < -0.4 is 0 Å². The molecular formula is C17H30N2O3. The fourth-order valence-electron chi connectivity index (χ4n) is 2.94. The van der Waals surface area contributed by atoms with Crippen molar-refractivity contribution >= 4 is 6.09 Å². The number of unbranched alkanes of at least 4 members (excludes halogenated alkanes) is 1. The molecule has 0 bridgehead atoms. The maximum atomic E-state index is 10.9. The van der Waals surface area contributed by atoms with E-state index in [0.29, 0.717) is 5.92 Å². The van der Waals surface area contributed by atoms with Crippen molar-refractivity contribution in [2.75, 3.05) is 33.3 Å². The zero-order chi connectivity index (χ0) is 16.4. The summed E-state index contributed by atoms with van der Waals surface area (Å²) in [6, 6.07) is 0.159. The summed E-state index contributed by atoms with van der Waals surface area (Å²) in [5, 5.41) is 17.9. The van der Waals surface area contributed by atoms with Crippen molar-refractivity contribution in [3.8, 4) is 11.8 Å². The van der Waals surface area contributed by atoms with Crippen LogP contribution in [0, 0.1) is 17.8 Å². The van der Waals surface area contributed by atoms with Crippen LogP contribution in [0.1, 0.15) is 45.4 Å². The first-order valence-corrected chi connectivity index (χ1v) is 8.35. The summed E-state index contributed by atoms with van der Waals surface area (Å²) in [4.78, 5) is 14.6. The molecule has 0 heterocycles. The number of hydrogen-bond acceptors (Lipinski definition) is 3. The second-order valence-corrected chi connectivity index (χ2v) is 5.98. The van der Waals surface area contributed by atoms with Gasteiger partial charge in [-0.2, -0.15) is 0 Å². The van der Waals surface area contributed by atoms with Crippen LogP contribution >= 0.6 is 0 Å². The Hall–Kier alpha value is -1.25. The molecule has 1 amide bonds. The number of aliphatic hydroxyl groups is 1. The van der Waals surface area contributed by atoms with E-state index < -0.39 is 6.09 Å². The highest BCUT2D eigenvalue weighted by atomic mass is 16.4. The standard InChI is InChI=1S/C17H30N2O3/c1-3-19(13-14-20)12-6-4-5-7-15-8-10-16(11-9-15)18(2)17(21)22/h15-16,20H,3-4,6,8-14H2,1-2H3,(H,21,22). The Bertz CT molecular complexity index is 381. The molecule has 0 atom stereocenters. The molecule has 0 unspecified atom stereocenters. The lowest BCUT2D eigenvalue weighted by Crippen LogP contribution is -2.38. The van der Waals surface area contributed by atoms with Crippen molar-refractivity contribution in [1.82, 2.24) is 9.80 Å². The van der Waals surface area contributed by atoms with Gasteiger partial charge >= 0.3 is 6.09 Å². The van der Waals surface area contributed by atoms with E-state index in [0.717, 1.165) is 58.2 Å². The molecule has 0 spiro atoms. The van der Waals surface area contributed by atoms with Crippen LogP contribution in [-0.4, -0.2) is 65.4 Å². The first kappa shape index (κ1) is 18.8. The molecule has 1 fully saturated rings. The van der Waals surface area contributed by atoms with Crippen molar-refractivity contribution in [3.63, 3.8) is 0 Å². The molecule has 5 nitrogen and oxygen atoms in total. The lowest BCUT2D eigenvalue weighted by Gasteiger charge is -2.31. The fourth-order valence-corrected chi connectivity index (χ4v) is 2.94. The van der Waals surface area contributed by atoms with E-state index in [1.54, 1.807) is 7.05 Å². The van der Waals surface area contributed by atoms with E-state index in [2.05, 4.69) is 23.7 Å². The molecule has 126 valence electrons. The average molecular weight is 310 g/mol. The van der Waals surface area contributed by atoms with Crippen LogP contribution in [0.5, 0.6) is 0 Å². The van der Waals surface area contributed by atoms with Crippen LogP contribution in [0.15, 0.2) is 0 Å². The van der Waals surface area contributed by atoms with Gasteiger partial charge < -0.3 is 20.0 Å². The third-order valence-corrected chi connectivity index (χ3v) is 4.49. The van der Waals surface area contributed by atoms with E-state index >= 15 is 0 Å². The molecular weight excluding hydrogens is 280 g/mol. The molecule has 0 aliphatic heterocycles. The molecule has 22 heavy (non-hydrogen) atoms. The summed E-state index contributed by atoms with van der Waals surface area (Å²) < 4.78 is 0. The molecule has 0 aromatic rings. The number of likely N-dealkylation sites (N-methyl/N-ethyl adjacent to an activating group) is 1. The topological polar surface area (TPSA) is 64.0 Å². The maximum Gasteiger partial charge on any atom is 0.407 e. The van der Waals surface area contributed by atoms with Gasteiger partial charge in [0.1, 0.15) is 0 Å². The zero-order valence-corrected chi connectivity index (χ0v) is 13.9. The highest BCUT2D eigenvalue weighted by molar-refractivity contribution is 5.64. The summed E-state index contributed by atoms with van der Waals surface area (Å²) in [6.45, 7) is 5.02. The number of rotatable bonds is 7. The molecule has 1 aliphatic carbocycles. The minimum Gasteiger partial charge on any atom is -0.465 e. The van der Waals surface area contributed by atoms with E-state index in [9.17, 15) is 4.79 Å². The summed E-state index contributed by atoms with van der Waals surface area (Å²) >= 11 is 0. The summed E-state index contributed by atoms with van der Waals surface area (Å²) in [7, 11) is 1.66. The molecule has 0 radical (unpaired) electrons. The van der Waals surface area contributed by atoms with Crippen LogP contribution in [-0.2, 0) is 0 Å². The smallest absolute Gasteiger partial charge is 0.407 e. The number of aliphatic hydroxyl groups excluding tert-OH is 1. The number of nitrogens with zero attached hydrogens (tertiary/aromatic N) is 2. The normalized spacial score (nSPS) is 21.3. The maximum absolute atomic E-state index is 10.9. The van der Waals surface area contributed by atoms with Gasteiger partial charge in [-0.05, 0) is 45.2 Å². The lowest BCUT2D eigenvalue weighted by atomic mass is 9.86. The molecule has 1 saturated carbocycles. The van der Waals surface area contributed by atoms with Crippen LogP contribution in [0.3, 0.4) is 0 Å². The minimum atomic E-state index is -0.835. The average Bonchev–Trinajstić information content (AvgIpc) is 2.53. The molecule has 1 rings (SSSR count). The van der Waals surface area contributed by atoms with Gasteiger partial charge in [0, 0.05) is 32.0 Å². The predicted molar refractivity (Wildman–Crippen MR) is 87.7 cm³/mol. The van der Waals surface area contributed by atoms with Crippen LogP contribution in [0.25, 0.3) is 0 Å². The quantitative estimate of drug-likeness (QED) is 0.559. The third-order valence-electron chi connectivity index (χ3n) is 4.49. The summed E-state index contributed by atoms with van der Waals surface area (Å²) in [5.74, 6) is 7.05. The summed E-state index contributed by atoms with van der Waals surface area (Å²) in [5.41, 5.74) is 0. The van der Waals surface area contributed by atoms with Crippen molar-refractivity contribution in [1.29, 1.82) is 0 Å². The fraction of sp³-hybridized carbons (Fsp3) is 0.824. The Morgan fingerprint density at radius 2 is 1.91 bits per heavy atom. The SMILES string of the molecule is CCN(CCO)CCCC#CC1CCC(N(C)C(=O)O)CC1. The van der Waals surface area contributed by atoms with E-state index in [1.165, 1.54) is 4.90 Å². The number of amides is 1. The van der Waals surface area contributed by atoms with Crippen molar-refractivity contribution < 1.29 is 15.0 Å². The minimum absolute atomic E-state index is 0.159. The molecule has 0 aromatic carbocycles. The highest BCUT2D eigenvalue weighted by Gasteiger charge is 2.25. The van der Waals surface area contributed by atoms with E-state index in [1.807, 2.05) is 0 Å². The van der Waals surface area contributed by atoms with Crippen molar-refractivity contribution in [2.24, 2.45) is 5.92 Å². The second-order valence-electron chi connectivity index (χ2n) is 5.98. The van der Waals surface area contributed by atoms with Crippen molar-refractivity contribution in [2.45, 2.75) is 51.5 Å². The number of carbonyl (C=O) groups is 1. The number of hydrogen-bond donors (Lipinski definition) is 2. The summed E-state index contributed by atoms with van der Waals surface area (Å²) in [6.07, 6.45) is 4.94. The molecule has 0 saturated heterocycles. The van der Waals surface area contributed by atoms with Gasteiger partial charge in [-0.25, -0.2) is 4.79 Å². The van der Waals surface area contributed by atoms with Gasteiger partial charge in [0.25, 0.3) is 0 Å². The second kappa shape index (κ2) is 10.5.